The lowest BCUT2D eigenvalue weighted by molar-refractivity contribution is 0.203. The molecule has 19 heavy (non-hydrogen) atoms. The zero-order chi connectivity index (χ0) is 13.6. The number of hydrogen-bond donors (Lipinski definition) is 1. The van der Waals surface area contributed by atoms with Crippen LogP contribution in [0.25, 0.3) is 0 Å². The molecule has 1 unspecified atom stereocenters. The molecule has 1 aromatic carbocycles. The van der Waals surface area contributed by atoms with Crippen LogP contribution in [-0.4, -0.2) is 23.3 Å². The topological polar surface area (TPSA) is 58.7 Å². The number of urea groups is 1. The van der Waals surface area contributed by atoms with Gasteiger partial charge in [-0.25, -0.2) is 9.18 Å². The van der Waals surface area contributed by atoms with E-state index in [-0.39, 0.29) is 17.7 Å². The van der Waals surface area contributed by atoms with Crippen LogP contribution in [0, 0.1) is 11.7 Å². The molecule has 1 saturated carbocycles. The molecule has 6 heteroatoms. The van der Waals surface area contributed by atoms with Gasteiger partial charge < -0.3 is 10.6 Å². The van der Waals surface area contributed by atoms with E-state index in [0.29, 0.717) is 22.5 Å². The van der Waals surface area contributed by atoms with Crippen molar-refractivity contribution in [1.82, 2.24) is 4.90 Å². The summed E-state index contributed by atoms with van der Waals surface area (Å²) in [7, 11) is 0. The van der Waals surface area contributed by atoms with Gasteiger partial charge in [0.2, 0.25) is 0 Å². The first-order valence-electron chi connectivity index (χ1n) is 6.16. The molecule has 1 atom stereocenters. The fourth-order valence-corrected chi connectivity index (χ4v) is 2.65. The van der Waals surface area contributed by atoms with Crippen LogP contribution in [0.4, 0.5) is 9.18 Å². The van der Waals surface area contributed by atoms with Gasteiger partial charge >= 0.3 is 6.03 Å². The van der Waals surface area contributed by atoms with Crippen LogP contribution >= 0.6 is 15.9 Å². The summed E-state index contributed by atoms with van der Waals surface area (Å²) in [6.07, 6.45) is 2.22. The normalized spacial score (nSPS) is 22.8. The second kappa shape index (κ2) is 4.59. The number of aliphatic imine (C=N–C) groups is 1. The number of hydrogen-bond acceptors (Lipinski definition) is 2. The number of amidine groups is 1. The zero-order valence-corrected chi connectivity index (χ0v) is 11.7. The zero-order valence-electron chi connectivity index (χ0n) is 10.1. The van der Waals surface area contributed by atoms with E-state index in [4.69, 9.17) is 5.73 Å². The number of nitrogens with zero attached hydrogens (tertiary/aromatic N) is 2. The highest BCUT2D eigenvalue weighted by molar-refractivity contribution is 9.10. The Kier molecular flexibility index (Phi) is 3.05. The summed E-state index contributed by atoms with van der Waals surface area (Å²) in [6.45, 7) is 0.600. The lowest BCUT2D eigenvalue weighted by atomic mass is 10.0. The van der Waals surface area contributed by atoms with Crippen LogP contribution in [0.2, 0.25) is 0 Å². The van der Waals surface area contributed by atoms with Crippen LogP contribution in [0.1, 0.15) is 24.4 Å². The predicted octanol–water partition coefficient (Wildman–Crippen LogP) is 2.83. The van der Waals surface area contributed by atoms with Gasteiger partial charge in [-0.05, 0) is 30.9 Å². The van der Waals surface area contributed by atoms with Gasteiger partial charge in [-0.3, -0.25) is 0 Å². The molecule has 0 bridgehead atoms. The fraction of sp³-hybridized carbons (Fsp3) is 0.385. The van der Waals surface area contributed by atoms with Gasteiger partial charge in [0, 0.05) is 16.6 Å². The maximum atomic E-state index is 14.1. The molecular formula is C13H13BrFN3O. The Labute approximate surface area is 118 Å². The third kappa shape index (κ3) is 2.36. The molecule has 0 spiro atoms. The molecule has 1 aliphatic carbocycles. The van der Waals surface area contributed by atoms with Crippen molar-refractivity contribution in [3.63, 3.8) is 0 Å². The summed E-state index contributed by atoms with van der Waals surface area (Å²) in [5.74, 6) is 0.297. The average molecular weight is 326 g/mol. The Hall–Kier alpha value is -1.43. The fourth-order valence-electron chi connectivity index (χ4n) is 2.32. The molecule has 3 rings (SSSR count). The molecule has 1 aliphatic heterocycles. The Morgan fingerprint density at radius 2 is 2.21 bits per heavy atom. The van der Waals surface area contributed by atoms with Crippen molar-refractivity contribution < 1.29 is 9.18 Å². The van der Waals surface area contributed by atoms with Gasteiger partial charge in [0.25, 0.3) is 0 Å². The summed E-state index contributed by atoms with van der Waals surface area (Å²) in [4.78, 5) is 17.2. The van der Waals surface area contributed by atoms with Gasteiger partial charge in [0.1, 0.15) is 17.7 Å². The van der Waals surface area contributed by atoms with Crippen molar-refractivity contribution in [2.45, 2.75) is 18.9 Å². The lowest BCUT2D eigenvalue weighted by Gasteiger charge is -2.24. The molecule has 4 nitrogen and oxygen atoms in total. The smallest absolute Gasteiger partial charge is 0.346 e. The van der Waals surface area contributed by atoms with E-state index in [1.54, 1.807) is 17.0 Å². The first-order chi connectivity index (χ1) is 9.06. The minimum Gasteiger partial charge on any atom is -0.385 e. The van der Waals surface area contributed by atoms with E-state index in [2.05, 4.69) is 20.9 Å². The average Bonchev–Trinajstić information content (AvgIpc) is 3.09. The molecule has 100 valence electrons. The number of carbonyl (C=O) groups excluding carboxylic acids is 1. The monoisotopic (exact) mass is 325 g/mol. The second-order valence-corrected chi connectivity index (χ2v) is 5.90. The molecule has 0 aromatic heterocycles. The number of rotatable bonds is 3. The predicted molar refractivity (Wildman–Crippen MR) is 73.3 cm³/mol. The van der Waals surface area contributed by atoms with Crippen molar-refractivity contribution >= 4 is 27.8 Å². The van der Waals surface area contributed by atoms with Crippen LogP contribution < -0.4 is 5.73 Å². The van der Waals surface area contributed by atoms with Crippen molar-refractivity contribution in [2.24, 2.45) is 16.6 Å². The van der Waals surface area contributed by atoms with Gasteiger partial charge in [0.15, 0.2) is 0 Å². The highest BCUT2D eigenvalue weighted by Gasteiger charge is 2.39. The Morgan fingerprint density at radius 1 is 1.47 bits per heavy atom. The van der Waals surface area contributed by atoms with Crippen LogP contribution in [0.15, 0.2) is 27.7 Å². The second-order valence-electron chi connectivity index (χ2n) is 4.98. The number of nitrogens with two attached hydrogens (primary N) is 1. The third-order valence-electron chi connectivity index (χ3n) is 3.47. The van der Waals surface area contributed by atoms with Crippen molar-refractivity contribution in [3.05, 3.63) is 34.1 Å². The maximum absolute atomic E-state index is 14.1. The van der Waals surface area contributed by atoms with Crippen molar-refractivity contribution in [3.8, 4) is 0 Å². The quantitative estimate of drug-likeness (QED) is 0.928. The first kappa shape index (κ1) is 12.6. The Bertz CT molecular complexity index is 571. The Balaban J connectivity index is 1.95. The number of amides is 2. The van der Waals surface area contributed by atoms with E-state index < -0.39 is 6.04 Å². The summed E-state index contributed by atoms with van der Waals surface area (Å²) < 4.78 is 14.7. The SMILES string of the molecule is NC1=NC(=O)N(CC2CC2)C1c1ccc(Br)cc1F. The number of benzene rings is 1. The van der Waals surface area contributed by atoms with E-state index in [0.717, 1.165) is 12.8 Å². The molecule has 1 aromatic rings. The first-order valence-corrected chi connectivity index (χ1v) is 6.95. The molecule has 2 amide bonds. The minimum absolute atomic E-state index is 0.173. The molecule has 0 saturated heterocycles. The van der Waals surface area contributed by atoms with Crippen molar-refractivity contribution in [2.75, 3.05) is 6.54 Å². The Morgan fingerprint density at radius 3 is 2.84 bits per heavy atom. The molecule has 2 N–H and O–H groups in total. The van der Waals surface area contributed by atoms with Crippen molar-refractivity contribution in [1.29, 1.82) is 0 Å². The lowest BCUT2D eigenvalue weighted by Crippen LogP contribution is -2.35. The standard InChI is InChI=1S/C13H13BrFN3O/c14-8-3-4-9(10(15)5-8)11-12(16)17-13(19)18(11)6-7-1-2-7/h3-5,7,11H,1-2,6H2,(H2,16,17,19). The van der Waals surface area contributed by atoms with E-state index in [1.807, 2.05) is 0 Å². The number of carbonyl (C=O) groups is 1. The molecular weight excluding hydrogens is 313 g/mol. The molecule has 1 heterocycles. The largest absolute Gasteiger partial charge is 0.385 e. The summed E-state index contributed by atoms with van der Waals surface area (Å²) in [6, 6.07) is 3.83. The van der Waals surface area contributed by atoms with Gasteiger partial charge in [0.05, 0.1) is 0 Å². The van der Waals surface area contributed by atoms with Gasteiger partial charge in [-0.2, -0.15) is 4.99 Å². The van der Waals surface area contributed by atoms with Gasteiger partial charge in [-0.1, -0.05) is 22.0 Å². The van der Waals surface area contributed by atoms with E-state index in [9.17, 15) is 9.18 Å². The van der Waals surface area contributed by atoms with Gasteiger partial charge in [-0.15, -0.1) is 0 Å². The van der Waals surface area contributed by atoms with E-state index >= 15 is 0 Å². The molecule has 1 fully saturated rings. The number of halogens is 2. The molecule has 2 aliphatic rings. The third-order valence-corrected chi connectivity index (χ3v) is 3.96. The van der Waals surface area contributed by atoms with Crippen LogP contribution in [0.5, 0.6) is 0 Å². The molecule has 0 radical (unpaired) electrons. The highest BCUT2D eigenvalue weighted by Crippen LogP contribution is 2.36. The maximum Gasteiger partial charge on any atom is 0.346 e. The highest BCUT2D eigenvalue weighted by atomic mass is 79.9. The summed E-state index contributed by atoms with van der Waals surface area (Å²) in [5.41, 5.74) is 6.20. The minimum atomic E-state index is -0.568. The van der Waals surface area contributed by atoms with E-state index in [1.165, 1.54) is 6.07 Å². The summed E-state index contributed by atoms with van der Waals surface area (Å²) in [5, 5.41) is 0. The van der Waals surface area contributed by atoms with Crippen LogP contribution in [-0.2, 0) is 0 Å². The summed E-state index contributed by atoms with van der Waals surface area (Å²) >= 11 is 3.22. The van der Waals surface area contributed by atoms with Crippen LogP contribution in [0.3, 0.4) is 0 Å².